The summed E-state index contributed by atoms with van der Waals surface area (Å²) in [5.74, 6) is -0.200. The van der Waals surface area contributed by atoms with E-state index >= 15 is 0 Å². The molecule has 0 unspecified atom stereocenters. The maximum absolute atomic E-state index is 13.3. The second-order valence-electron chi connectivity index (χ2n) is 8.42. The summed E-state index contributed by atoms with van der Waals surface area (Å²) >= 11 is 0. The van der Waals surface area contributed by atoms with E-state index in [4.69, 9.17) is 4.42 Å². The number of carbonyl (C=O) groups excluding carboxylic acids is 2. The lowest BCUT2D eigenvalue weighted by atomic mass is 9.98. The molecule has 1 aromatic carbocycles. The topological polar surface area (TPSA) is 98.2 Å². The molecular weight excluding hydrogens is 432 g/mol. The quantitative estimate of drug-likeness (QED) is 0.451. The van der Waals surface area contributed by atoms with Crippen LogP contribution in [-0.2, 0) is 6.54 Å². The van der Waals surface area contributed by atoms with E-state index < -0.39 is 0 Å². The van der Waals surface area contributed by atoms with Gasteiger partial charge in [0.25, 0.3) is 11.8 Å². The number of rotatable bonds is 7. The summed E-state index contributed by atoms with van der Waals surface area (Å²) in [4.78, 5) is 31.6. The van der Waals surface area contributed by atoms with Crippen molar-refractivity contribution in [1.82, 2.24) is 24.2 Å². The molecule has 0 aliphatic carbocycles. The number of benzene rings is 1. The third kappa shape index (κ3) is 4.78. The molecule has 5 rings (SSSR count). The summed E-state index contributed by atoms with van der Waals surface area (Å²) in [5, 5.41) is 7.11. The van der Waals surface area contributed by atoms with Gasteiger partial charge in [0.2, 0.25) is 0 Å². The molecule has 174 valence electrons. The Labute approximate surface area is 197 Å². The number of likely N-dealkylation sites (tertiary alicyclic amines) is 1. The van der Waals surface area contributed by atoms with E-state index in [1.807, 2.05) is 41.7 Å². The van der Waals surface area contributed by atoms with E-state index in [1.54, 1.807) is 29.3 Å². The normalized spacial score (nSPS) is 15.9. The van der Waals surface area contributed by atoms with Gasteiger partial charge < -0.3 is 19.2 Å². The molecule has 4 heterocycles. The highest BCUT2D eigenvalue weighted by Gasteiger charge is 2.27. The molecule has 4 aromatic rings. The number of imidazole rings is 1. The highest BCUT2D eigenvalue weighted by molar-refractivity contribution is 6.03. The van der Waals surface area contributed by atoms with E-state index in [1.165, 1.54) is 12.5 Å². The lowest BCUT2D eigenvalue weighted by Gasteiger charge is -2.36. The van der Waals surface area contributed by atoms with Crippen LogP contribution in [0.15, 0.2) is 78.4 Å². The van der Waals surface area contributed by atoms with Gasteiger partial charge in [0.05, 0.1) is 41.9 Å². The van der Waals surface area contributed by atoms with Crippen LogP contribution in [0.2, 0.25) is 0 Å². The molecule has 1 fully saturated rings. The Kier molecular flexibility index (Phi) is 6.24. The Morgan fingerprint density at radius 2 is 2.00 bits per heavy atom. The standard InChI is InChI=1S/C25H26N6O3/c32-24(20-9-14-34-17-20)28-21-15-27-31(16-21)23-6-4-19(5-7-23)25(33)30-11-2-1-3-22(30)8-12-29-13-10-26-18-29/h4-7,9-10,13-18,22H,1-3,8,11-12H2,(H,28,32)/t22-/m0/s1. The predicted molar refractivity (Wildman–Crippen MR) is 126 cm³/mol. The number of hydrogen-bond acceptors (Lipinski definition) is 5. The highest BCUT2D eigenvalue weighted by Crippen LogP contribution is 2.23. The van der Waals surface area contributed by atoms with Crippen molar-refractivity contribution in [2.45, 2.75) is 38.3 Å². The first-order valence-electron chi connectivity index (χ1n) is 11.4. The summed E-state index contributed by atoms with van der Waals surface area (Å²) in [5.41, 5.74) is 2.48. The average molecular weight is 459 g/mol. The second-order valence-corrected chi connectivity index (χ2v) is 8.42. The maximum atomic E-state index is 13.3. The zero-order chi connectivity index (χ0) is 23.3. The Balaban J connectivity index is 1.24. The summed E-state index contributed by atoms with van der Waals surface area (Å²) in [6.45, 7) is 1.64. The van der Waals surface area contributed by atoms with Gasteiger partial charge in [-0.25, -0.2) is 9.67 Å². The van der Waals surface area contributed by atoms with Crippen LogP contribution in [0.1, 0.15) is 46.4 Å². The van der Waals surface area contributed by atoms with Gasteiger partial charge in [-0.3, -0.25) is 9.59 Å². The van der Waals surface area contributed by atoms with Crippen molar-refractivity contribution >= 4 is 17.5 Å². The smallest absolute Gasteiger partial charge is 0.259 e. The van der Waals surface area contributed by atoms with Gasteiger partial charge in [-0.1, -0.05) is 0 Å². The van der Waals surface area contributed by atoms with Crippen LogP contribution in [0, 0.1) is 0 Å². The number of anilines is 1. The molecule has 0 bridgehead atoms. The van der Waals surface area contributed by atoms with Gasteiger partial charge >= 0.3 is 0 Å². The zero-order valence-electron chi connectivity index (χ0n) is 18.7. The van der Waals surface area contributed by atoms with Crippen molar-refractivity contribution in [2.75, 3.05) is 11.9 Å². The molecule has 34 heavy (non-hydrogen) atoms. The van der Waals surface area contributed by atoms with Crippen LogP contribution in [-0.4, -0.2) is 48.6 Å². The predicted octanol–water partition coefficient (Wildman–Crippen LogP) is 4.00. The minimum absolute atomic E-state index is 0.0652. The van der Waals surface area contributed by atoms with Gasteiger partial charge in [0.1, 0.15) is 6.26 Å². The lowest BCUT2D eigenvalue weighted by Crippen LogP contribution is -2.44. The number of nitrogens with one attached hydrogen (secondary N) is 1. The second kappa shape index (κ2) is 9.78. The Hall–Kier alpha value is -4.14. The van der Waals surface area contributed by atoms with Gasteiger partial charge in [-0.2, -0.15) is 5.10 Å². The first-order chi connectivity index (χ1) is 16.7. The van der Waals surface area contributed by atoms with Crippen molar-refractivity contribution < 1.29 is 14.0 Å². The van der Waals surface area contributed by atoms with Crippen molar-refractivity contribution in [3.05, 3.63) is 85.1 Å². The van der Waals surface area contributed by atoms with Crippen molar-refractivity contribution in [1.29, 1.82) is 0 Å². The van der Waals surface area contributed by atoms with Crippen LogP contribution in [0.3, 0.4) is 0 Å². The number of hydrogen-bond donors (Lipinski definition) is 1. The van der Waals surface area contributed by atoms with Gasteiger partial charge in [0, 0.05) is 37.1 Å². The van der Waals surface area contributed by atoms with Crippen molar-refractivity contribution in [3.8, 4) is 5.69 Å². The molecule has 2 amide bonds. The fraction of sp³-hybridized carbons (Fsp3) is 0.280. The maximum Gasteiger partial charge on any atom is 0.259 e. The molecule has 1 saturated heterocycles. The number of aryl methyl sites for hydroxylation is 1. The number of aromatic nitrogens is 4. The Morgan fingerprint density at radius 1 is 1.12 bits per heavy atom. The van der Waals surface area contributed by atoms with Crippen LogP contribution in [0.25, 0.3) is 5.69 Å². The van der Waals surface area contributed by atoms with E-state index in [0.717, 1.165) is 44.5 Å². The molecule has 0 saturated carbocycles. The first kappa shape index (κ1) is 21.7. The lowest BCUT2D eigenvalue weighted by molar-refractivity contribution is 0.0595. The minimum atomic E-state index is -0.265. The first-order valence-corrected chi connectivity index (χ1v) is 11.4. The fourth-order valence-electron chi connectivity index (χ4n) is 4.33. The summed E-state index contributed by atoms with van der Waals surface area (Å²) in [6.07, 6.45) is 15.8. The number of piperidine rings is 1. The molecule has 0 spiro atoms. The summed E-state index contributed by atoms with van der Waals surface area (Å²) < 4.78 is 8.66. The van der Waals surface area contributed by atoms with Gasteiger partial charge in [-0.15, -0.1) is 0 Å². The minimum Gasteiger partial charge on any atom is -0.472 e. The van der Waals surface area contributed by atoms with Crippen molar-refractivity contribution in [3.63, 3.8) is 0 Å². The molecule has 1 atom stereocenters. The number of nitrogens with zero attached hydrogens (tertiary/aromatic N) is 5. The molecule has 1 N–H and O–H groups in total. The molecular formula is C25H26N6O3. The number of amides is 2. The molecule has 0 radical (unpaired) electrons. The third-order valence-electron chi connectivity index (χ3n) is 6.17. The van der Waals surface area contributed by atoms with Crippen LogP contribution >= 0.6 is 0 Å². The molecule has 3 aromatic heterocycles. The van der Waals surface area contributed by atoms with E-state index in [-0.39, 0.29) is 17.9 Å². The molecule has 9 heteroatoms. The van der Waals surface area contributed by atoms with Gasteiger partial charge in [0.15, 0.2) is 0 Å². The van der Waals surface area contributed by atoms with Crippen LogP contribution < -0.4 is 5.32 Å². The third-order valence-corrected chi connectivity index (χ3v) is 6.17. The summed E-state index contributed by atoms with van der Waals surface area (Å²) in [7, 11) is 0. The van der Waals surface area contributed by atoms with Crippen molar-refractivity contribution in [2.24, 2.45) is 0 Å². The van der Waals surface area contributed by atoms with Crippen LogP contribution in [0.4, 0.5) is 5.69 Å². The fourth-order valence-corrected chi connectivity index (χ4v) is 4.33. The monoisotopic (exact) mass is 458 g/mol. The largest absolute Gasteiger partial charge is 0.472 e. The van der Waals surface area contributed by atoms with E-state index in [0.29, 0.717) is 16.8 Å². The molecule has 9 nitrogen and oxygen atoms in total. The highest BCUT2D eigenvalue weighted by atomic mass is 16.3. The Morgan fingerprint density at radius 3 is 2.76 bits per heavy atom. The van der Waals surface area contributed by atoms with Crippen LogP contribution in [0.5, 0.6) is 0 Å². The summed E-state index contributed by atoms with van der Waals surface area (Å²) in [6, 6.07) is 9.24. The average Bonchev–Trinajstić information content (AvgIpc) is 3.66. The van der Waals surface area contributed by atoms with Gasteiger partial charge in [-0.05, 0) is 56.0 Å². The molecule has 1 aliphatic rings. The zero-order valence-corrected chi connectivity index (χ0v) is 18.7. The number of carbonyl (C=O) groups is 2. The van der Waals surface area contributed by atoms with E-state index in [2.05, 4.69) is 20.0 Å². The molecule has 1 aliphatic heterocycles. The number of furan rings is 1. The SMILES string of the molecule is O=C(Nc1cnn(-c2ccc(C(=O)N3CCCC[C@H]3CCn3ccnc3)cc2)c1)c1ccoc1. The Bertz CT molecular complexity index is 1230. The van der Waals surface area contributed by atoms with E-state index in [9.17, 15) is 9.59 Å².